The topological polar surface area (TPSA) is 120 Å². The number of halogens is 3. The van der Waals surface area contributed by atoms with Crippen LogP contribution in [0.5, 0.6) is 5.88 Å². The number of esters is 1. The lowest BCUT2D eigenvalue weighted by atomic mass is 9.76. The molecule has 44 heavy (non-hydrogen) atoms. The maximum Gasteiger partial charge on any atom is 0.429 e. The van der Waals surface area contributed by atoms with Gasteiger partial charge >= 0.3 is 12.1 Å². The third-order valence-electron chi connectivity index (χ3n) is 8.62. The number of nitrogen functional groups attached to an aromatic ring is 1. The van der Waals surface area contributed by atoms with E-state index in [2.05, 4.69) is 20.4 Å². The molecule has 4 aromatic rings. The largest absolute Gasteiger partial charge is 0.465 e. The number of rotatable bonds is 7. The number of nitrogens with one attached hydrogen (secondary N) is 1. The number of hydrogen-bond donors (Lipinski definition) is 2. The molecule has 3 N–H and O–H groups in total. The fourth-order valence-corrected chi connectivity index (χ4v) is 6.21. The zero-order valence-electron chi connectivity index (χ0n) is 24.5. The Hall–Kier alpha value is -4.39. The maximum atomic E-state index is 14.3. The average Bonchev–Trinajstić information content (AvgIpc) is 3.59. The van der Waals surface area contributed by atoms with Gasteiger partial charge in [0.15, 0.2) is 0 Å². The van der Waals surface area contributed by atoms with Gasteiger partial charge in [-0.15, -0.1) is 0 Å². The molecule has 0 unspecified atom stereocenters. The molecule has 232 valence electrons. The highest BCUT2D eigenvalue weighted by molar-refractivity contribution is 5.84. The summed E-state index contributed by atoms with van der Waals surface area (Å²) in [5.41, 5.74) is 8.41. The molecule has 0 bridgehead atoms. The van der Waals surface area contributed by atoms with Crippen molar-refractivity contribution < 1.29 is 27.4 Å². The summed E-state index contributed by atoms with van der Waals surface area (Å²) < 4.78 is 55.3. The first-order valence-corrected chi connectivity index (χ1v) is 14.6. The van der Waals surface area contributed by atoms with E-state index in [0.717, 1.165) is 34.9 Å². The first-order chi connectivity index (χ1) is 21.0. The Kier molecular flexibility index (Phi) is 7.82. The van der Waals surface area contributed by atoms with E-state index in [4.69, 9.17) is 15.2 Å². The summed E-state index contributed by atoms with van der Waals surface area (Å²) >= 11 is 0. The number of alkyl halides is 3. The number of nitrogens with zero attached hydrogens (tertiary/aromatic N) is 5. The summed E-state index contributed by atoms with van der Waals surface area (Å²) in [6, 6.07) is 13.0. The lowest BCUT2D eigenvalue weighted by Crippen LogP contribution is -2.41. The average molecular weight is 610 g/mol. The van der Waals surface area contributed by atoms with Crippen LogP contribution in [0.3, 0.4) is 0 Å². The fourth-order valence-electron chi connectivity index (χ4n) is 6.21. The van der Waals surface area contributed by atoms with E-state index in [9.17, 15) is 18.0 Å². The molecular formula is C31H34F3N7O3. The van der Waals surface area contributed by atoms with E-state index in [1.165, 1.54) is 18.2 Å². The van der Waals surface area contributed by atoms with Crippen LogP contribution >= 0.6 is 0 Å². The molecule has 10 nitrogen and oxygen atoms in total. The second-order valence-corrected chi connectivity index (χ2v) is 11.5. The van der Waals surface area contributed by atoms with Crippen molar-refractivity contribution in [3.05, 3.63) is 60.3 Å². The molecule has 13 heteroatoms. The summed E-state index contributed by atoms with van der Waals surface area (Å²) in [6.45, 7) is 4.02. The van der Waals surface area contributed by atoms with Gasteiger partial charge in [0, 0.05) is 43.7 Å². The van der Waals surface area contributed by atoms with Crippen LogP contribution < -0.4 is 20.7 Å². The number of nitrogens with two attached hydrogens (primary N) is 1. The quantitative estimate of drug-likeness (QED) is 0.285. The third-order valence-corrected chi connectivity index (χ3v) is 8.62. The van der Waals surface area contributed by atoms with Crippen molar-refractivity contribution in [1.29, 1.82) is 0 Å². The monoisotopic (exact) mass is 609 g/mol. The zero-order chi connectivity index (χ0) is 31.1. The SMILES string of the molecule is CCOC(=O)[C@@H]1CC2(CCN(c3cc(O[C@H](c4ccc(-c5ccc6c(cnn6C)c5)cc4)C(F)(F)F)nc(N)n3)CC2)CN1. The molecule has 0 radical (unpaired) electrons. The predicted octanol–water partition coefficient (Wildman–Crippen LogP) is 4.81. The number of ether oxygens (including phenoxy) is 2. The molecule has 2 fully saturated rings. The van der Waals surface area contributed by atoms with Gasteiger partial charge in [0.2, 0.25) is 17.9 Å². The van der Waals surface area contributed by atoms with Crippen molar-refractivity contribution in [1.82, 2.24) is 25.1 Å². The van der Waals surface area contributed by atoms with Crippen molar-refractivity contribution in [2.75, 3.05) is 36.9 Å². The second kappa shape index (κ2) is 11.6. The molecule has 0 saturated carbocycles. The molecule has 2 aromatic carbocycles. The minimum absolute atomic E-state index is 0.0525. The molecule has 4 heterocycles. The molecular weight excluding hydrogens is 575 g/mol. The molecule has 2 aromatic heterocycles. The first kappa shape index (κ1) is 29.7. The Labute approximate surface area is 252 Å². The van der Waals surface area contributed by atoms with Crippen LogP contribution in [0.4, 0.5) is 24.9 Å². The van der Waals surface area contributed by atoms with Crippen molar-refractivity contribution in [3.63, 3.8) is 0 Å². The minimum Gasteiger partial charge on any atom is -0.465 e. The van der Waals surface area contributed by atoms with E-state index in [0.29, 0.717) is 38.5 Å². The number of hydrogen-bond acceptors (Lipinski definition) is 9. The number of aromatic nitrogens is 4. The van der Waals surface area contributed by atoms with Crippen LogP contribution in [0.1, 0.15) is 37.9 Å². The molecule has 0 aliphatic carbocycles. The highest BCUT2D eigenvalue weighted by Gasteiger charge is 2.45. The van der Waals surface area contributed by atoms with Gasteiger partial charge in [-0.1, -0.05) is 30.3 Å². The lowest BCUT2D eigenvalue weighted by molar-refractivity contribution is -0.198. The van der Waals surface area contributed by atoms with Crippen molar-refractivity contribution in [3.8, 4) is 17.0 Å². The van der Waals surface area contributed by atoms with Gasteiger partial charge in [0.25, 0.3) is 0 Å². The number of anilines is 2. The van der Waals surface area contributed by atoms with E-state index in [-0.39, 0.29) is 34.8 Å². The Balaban J connectivity index is 1.16. The second-order valence-electron chi connectivity index (χ2n) is 11.5. The summed E-state index contributed by atoms with van der Waals surface area (Å²) in [4.78, 5) is 22.4. The summed E-state index contributed by atoms with van der Waals surface area (Å²) in [7, 11) is 1.85. The Bertz CT molecular complexity index is 1650. The predicted molar refractivity (Wildman–Crippen MR) is 159 cm³/mol. The van der Waals surface area contributed by atoms with Crippen molar-refractivity contribution in [2.24, 2.45) is 12.5 Å². The van der Waals surface area contributed by atoms with Crippen molar-refractivity contribution >= 4 is 28.6 Å². The molecule has 6 rings (SSSR count). The summed E-state index contributed by atoms with van der Waals surface area (Å²) in [5.74, 6) is -0.273. The van der Waals surface area contributed by atoms with Crippen LogP contribution in [0.25, 0.3) is 22.0 Å². The van der Waals surface area contributed by atoms with Crippen molar-refractivity contribution in [2.45, 2.75) is 44.5 Å². The molecule has 2 aliphatic heterocycles. The van der Waals surface area contributed by atoms with E-state index >= 15 is 0 Å². The molecule has 1 spiro atoms. The van der Waals surface area contributed by atoms with Gasteiger partial charge in [-0.2, -0.15) is 28.2 Å². The Morgan fingerprint density at radius 2 is 1.84 bits per heavy atom. The van der Waals surface area contributed by atoms with Crippen LogP contribution in [0.15, 0.2) is 54.7 Å². The number of carbonyl (C=O) groups is 1. The third kappa shape index (κ3) is 6.01. The highest BCUT2D eigenvalue weighted by Crippen LogP contribution is 2.42. The Morgan fingerprint density at radius 3 is 2.55 bits per heavy atom. The minimum atomic E-state index is -4.71. The molecule has 2 saturated heterocycles. The Morgan fingerprint density at radius 1 is 1.11 bits per heavy atom. The number of aryl methyl sites for hydroxylation is 1. The number of piperidine rings is 1. The van der Waals surface area contributed by atoms with Crippen LogP contribution in [-0.4, -0.2) is 64.2 Å². The van der Waals surface area contributed by atoms with Gasteiger partial charge < -0.3 is 25.4 Å². The highest BCUT2D eigenvalue weighted by atomic mass is 19.4. The van der Waals surface area contributed by atoms with Gasteiger partial charge in [0.1, 0.15) is 11.9 Å². The van der Waals surface area contributed by atoms with Gasteiger partial charge in [-0.25, -0.2) is 0 Å². The fraction of sp³-hybridized carbons (Fsp3) is 0.419. The first-order valence-electron chi connectivity index (χ1n) is 14.6. The smallest absolute Gasteiger partial charge is 0.429 e. The van der Waals surface area contributed by atoms with Gasteiger partial charge in [0.05, 0.1) is 18.3 Å². The van der Waals surface area contributed by atoms with E-state index in [1.807, 2.05) is 30.1 Å². The number of benzene rings is 2. The normalized spacial score (nSPS) is 18.9. The summed E-state index contributed by atoms with van der Waals surface area (Å²) in [6.07, 6.45) is -2.98. The molecule has 0 amide bonds. The van der Waals surface area contributed by atoms with Crippen LogP contribution in [-0.2, 0) is 16.6 Å². The number of fused-ring (bicyclic) bond motifs is 1. The van der Waals surface area contributed by atoms with E-state index in [1.54, 1.807) is 29.9 Å². The van der Waals surface area contributed by atoms with Gasteiger partial charge in [-0.05, 0) is 54.9 Å². The summed E-state index contributed by atoms with van der Waals surface area (Å²) in [5, 5.41) is 8.46. The van der Waals surface area contributed by atoms with Gasteiger partial charge in [-0.3, -0.25) is 9.48 Å². The van der Waals surface area contributed by atoms with Crippen LogP contribution in [0.2, 0.25) is 0 Å². The van der Waals surface area contributed by atoms with Crippen LogP contribution in [0, 0.1) is 5.41 Å². The molecule has 2 atom stereocenters. The standard InChI is InChI=1S/C31H34F3N7O3/c1-3-43-28(42)23-16-30(18-36-23)10-12-41(13-11-30)25-15-26(39-29(35)38-25)44-27(31(32,33)34)20-6-4-19(5-7-20)21-8-9-24-22(14-21)17-37-40(24)2/h4-9,14-15,17,23,27,36H,3,10-13,16,18H2,1-2H3,(H2,35,38,39)/t23-,27+/m0/s1. The molecule has 2 aliphatic rings. The lowest BCUT2D eigenvalue weighted by Gasteiger charge is -2.39. The van der Waals surface area contributed by atoms with E-state index < -0.39 is 12.3 Å². The maximum absolute atomic E-state index is 14.3. The zero-order valence-corrected chi connectivity index (χ0v) is 24.5. The number of carbonyl (C=O) groups excluding carboxylic acids is 1.